The zero-order valence-electron chi connectivity index (χ0n) is 18.3. The SMILES string of the molecule is CC(C)NC(=O)C(=O)N1CCN(C(=O)C(C)Oc2ccc(C(C)(C)C)cc2)CC1. The zero-order valence-corrected chi connectivity index (χ0v) is 18.3. The highest BCUT2D eigenvalue weighted by Crippen LogP contribution is 2.24. The van der Waals surface area contributed by atoms with Crippen molar-refractivity contribution in [2.45, 2.75) is 59.1 Å². The molecule has 3 amide bonds. The van der Waals surface area contributed by atoms with Crippen molar-refractivity contribution in [2.24, 2.45) is 0 Å². The average molecular weight is 404 g/mol. The highest BCUT2D eigenvalue weighted by Gasteiger charge is 2.30. The molecule has 1 heterocycles. The molecule has 2 rings (SSSR count). The van der Waals surface area contributed by atoms with E-state index in [1.54, 1.807) is 25.7 Å². The van der Waals surface area contributed by atoms with Gasteiger partial charge >= 0.3 is 11.8 Å². The van der Waals surface area contributed by atoms with Crippen LogP contribution in [0, 0.1) is 0 Å². The number of rotatable bonds is 4. The Balaban J connectivity index is 1.87. The van der Waals surface area contributed by atoms with Crippen LogP contribution in [0.1, 0.15) is 47.1 Å². The molecule has 0 aliphatic carbocycles. The first-order valence-electron chi connectivity index (χ1n) is 10.1. The molecule has 7 nitrogen and oxygen atoms in total. The topological polar surface area (TPSA) is 79.0 Å². The van der Waals surface area contributed by atoms with Gasteiger partial charge in [-0.05, 0) is 43.9 Å². The van der Waals surface area contributed by atoms with Crippen LogP contribution in [-0.2, 0) is 19.8 Å². The Morgan fingerprint density at radius 1 is 0.931 bits per heavy atom. The van der Waals surface area contributed by atoms with Crippen molar-refractivity contribution < 1.29 is 19.1 Å². The molecule has 160 valence electrons. The van der Waals surface area contributed by atoms with Crippen molar-refractivity contribution in [1.82, 2.24) is 15.1 Å². The molecular weight excluding hydrogens is 370 g/mol. The van der Waals surface area contributed by atoms with Crippen LogP contribution in [0.2, 0.25) is 0 Å². The Hall–Kier alpha value is -2.57. The number of nitrogens with one attached hydrogen (secondary N) is 1. The molecule has 1 saturated heterocycles. The Bertz CT molecular complexity index is 729. The predicted octanol–water partition coefficient (Wildman–Crippen LogP) is 1.95. The van der Waals surface area contributed by atoms with Crippen LogP contribution in [0.15, 0.2) is 24.3 Å². The summed E-state index contributed by atoms with van der Waals surface area (Å²) in [6.45, 7) is 13.2. The van der Waals surface area contributed by atoms with Crippen molar-refractivity contribution in [2.75, 3.05) is 26.2 Å². The second-order valence-electron chi connectivity index (χ2n) is 8.78. The van der Waals surface area contributed by atoms with Crippen LogP contribution in [0.3, 0.4) is 0 Å². The monoisotopic (exact) mass is 403 g/mol. The van der Waals surface area contributed by atoms with Crippen molar-refractivity contribution in [3.8, 4) is 5.75 Å². The van der Waals surface area contributed by atoms with Gasteiger partial charge in [-0.25, -0.2) is 0 Å². The number of hydrogen-bond donors (Lipinski definition) is 1. The molecular formula is C22H33N3O4. The summed E-state index contributed by atoms with van der Waals surface area (Å²) in [7, 11) is 0. The van der Waals surface area contributed by atoms with Gasteiger partial charge in [0.2, 0.25) is 0 Å². The molecule has 1 aromatic rings. The molecule has 0 saturated carbocycles. The minimum absolute atomic E-state index is 0.0587. The lowest BCUT2D eigenvalue weighted by molar-refractivity contribution is -0.149. The van der Waals surface area contributed by atoms with E-state index in [2.05, 4.69) is 26.1 Å². The van der Waals surface area contributed by atoms with Gasteiger partial charge in [0.15, 0.2) is 6.10 Å². The second-order valence-corrected chi connectivity index (χ2v) is 8.78. The average Bonchev–Trinajstić information content (AvgIpc) is 2.66. The van der Waals surface area contributed by atoms with Crippen LogP contribution in [0.4, 0.5) is 0 Å². The van der Waals surface area contributed by atoms with Gasteiger partial charge in [0.1, 0.15) is 5.75 Å². The number of piperazine rings is 1. The Kier molecular flexibility index (Phi) is 7.27. The zero-order chi connectivity index (χ0) is 21.8. The van der Waals surface area contributed by atoms with Crippen molar-refractivity contribution >= 4 is 17.7 Å². The molecule has 1 aliphatic heterocycles. The molecule has 1 aliphatic rings. The minimum atomic E-state index is -0.623. The van der Waals surface area contributed by atoms with Crippen molar-refractivity contribution in [3.05, 3.63) is 29.8 Å². The van der Waals surface area contributed by atoms with E-state index in [0.29, 0.717) is 31.9 Å². The third-order valence-corrected chi connectivity index (χ3v) is 4.87. The lowest BCUT2D eigenvalue weighted by Crippen LogP contribution is -2.56. The number of carbonyl (C=O) groups is 3. The minimum Gasteiger partial charge on any atom is -0.481 e. The fourth-order valence-electron chi connectivity index (χ4n) is 3.14. The third-order valence-electron chi connectivity index (χ3n) is 4.87. The van der Waals surface area contributed by atoms with E-state index in [1.165, 1.54) is 10.5 Å². The quantitative estimate of drug-likeness (QED) is 0.780. The van der Waals surface area contributed by atoms with Gasteiger partial charge in [0.25, 0.3) is 5.91 Å². The van der Waals surface area contributed by atoms with E-state index in [-0.39, 0.29) is 17.4 Å². The van der Waals surface area contributed by atoms with Crippen LogP contribution in [0.5, 0.6) is 5.75 Å². The number of carbonyl (C=O) groups excluding carboxylic acids is 3. The summed E-state index contributed by atoms with van der Waals surface area (Å²) in [5.41, 5.74) is 1.26. The van der Waals surface area contributed by atoms with Gasteiger partial charge in [-0.1, -0.05) is 32.9 Å². The van der Waals surface area contributed by atoms with E-state index in [1.807, 2.05) is 24.3 Å². The Morgan fingerprint density at radius 2 is 1.45 bits per heavy atom. The van der Waals surface area contributed by atoms with Gasteiger partial charge < -0.3 is 19.9 Å². The van der Waals surface area contributed by atoms with Crippen molar-refractivity contribution in [3.63, 3.8) is 0 Å². The van der Waals surface area contributed by atoms with Gasteiger partial charge in [0.05, 0.1) is 0 Å². The van der Waals surface area contributed by atoms with Crippen LogP contribution in [0.25, 0.3) is 0 Å². The summed E-state index contributed by atoms with van der Waals surface area (Å²) in [6, 6.07) is 7.70. The first-order valence-corrected chi connectivity index (χ1v) is 10.1. The summed E-state index contributed by atoms with van der Waals surface area (Å²) in [6.07, 6.45) is -0.623. The highest BCUT2D eigenvalue weighted by atomic mass is 16.5. The third kappa shape index (κ3) is 6.21. The predicted molar refractivity (Wildman–Crippen MR) is 112 cm³/mol. The highest BCUT2D eigenvalue weighted by molar-refractivity contribution is 6.35. The Morgan fingerprint density at radius 3 is 1.93 bits per heavy atom. The maximum absolute atomic E-state index is 12.7. The summed E-state index contributed by atoms with van der Waals surface area (Å²) < 4.78 is 5.82. The standard InChI is InChI=1S/C22H33N3O4/c1-15(2)23-19(26)21(28)25-13-11-24(12-14-25)20(27)16(3)29-18-9-7-17(8-10-18)22(4,5)6/h7-10,15-16H,11-14H2,1-6H3,(H,23,26). The van der Waals surface area contributed by atoms with Gasteiger partial charge in [-0.3, -0.25) is 14.4 Å². The molecule has 1 N–H and O–H groups in total. The van der Waals surface area contributed by atoms with E-state index in [0.717, 1.165) is 0 Å². The molecule has 29 heavy (non-hydrogen) atoms. The molecule has 0 radical (unpaired) electrons. The molecule has 0 aromatic heterocycles. The maximum Gasteiger partial charge on any atom is 0.312 e. The number of ether oxygens (including phenoxy) is 1. The number of nitrogens with zero attached hydrogens (tertiary/aromatic N) is 2. The van der Waals surface area contributed by atoms with Gasteiger partial charge in [-0.15, -0.1) is 0 Å². The summed E-state index contributed by atoms with van der Waals surface area (Å²) in [5.74, 6) is -0.620. The smallest absolute Gasteiger partial charge is 0.312 e. The fourth-order valence-corrected chi connectivity index (χ4v) is 3.14. The van der Waals surface area contributed by atoms with E-state index in [4.69, 9.17) is 4.74 Å². The molecule has 1 aromatic carbocycles. The molecule has 7 heteroatoms. The van der Waals surface area contributed by atoms with E-state index >= 15 is 0 Å². The normalized spacial score (nSPS) is 15.8. The fraction of sp³-hybridized carbons (Fsp3) is 0.591. The number of amides is 3. The van der Waals surface area contributed by atoms with Crippen LogP contribution in [-0.4, -0.2) is 65.8 Å². The van der Waals surface area contributed by atoms with Crippen molar-refractivity contribution in [1.29, 1.82) is 0 Å². The molecule has 1 atom stereocenters. The van der Waals surface area contributed by atoms with Gasteiger partial charge in [-0.2, -0.15) is 0 Å². The number of hydrogen-bond acceptors (Lipinski definition) is 4. The lowest BCUT2D eigenvalue weighted by Gasteiger charge is -2.35. The van der Waals surface area contributed by atoms with Crippen LogP contribution < -0.4 is 10.1 Å². The van der Waals surface area contributed by atoms with E-state index < -0.39 is 17.9 Å². The first-order chi connectivity index (χ1) is 13.5. The summed E-state index contributed by atoms with van der Waals surface area (Å²) in [5, 5.41) is 2.60. The molecule has 0 spiro atoms. The largest absolute Gasteiger partial charge is 0.481 e. The molecule has 1 fully saturated rings. The van der Waals surface area contributed by atoms with E-state index in [9.17, 15) is 14.4 Å². The van der Waals surface area contributed by atoms with Gasteiger partial charge in [0, 0.05) is 32.2 Å². The first kappa shape index (κ1) is 22.7. The lowest BCUT2D eigenvalue weighted by atomic mass is 9.87. The molecule has 1 unspecified atom stereocenters. The molecule has 0 bridgehead atoms. The van der Waals surface area contributed by atoms with Crippen LogP contribution >= 0.6 is 0 Å². The maximum atomic E-state index is 12.7. The summed E-state index contributed by atoms with van der Waals surface area (Å²) >= 11 is 0. The number of benzene rings is 1. The second kappa shape index (κ2) is 9.29. The summed E-state index contributed by atoms with van der Waals surface area (Å²) in [4.78, 5) is 39.9. The Labute approximate surface area is 173 Å².